The van der Waals surface area contributed by atoms with Crippen molar-refractivity contribution in [2.45, 2.75) is 32.0 Å². The van der Waals surface area contributed by atoms with Crippen LogP contribution in [-0.4, -0.2) is 10.5 Å². The molecule has 39 heavy (non-hydrogen) atoms. The van der Waals surface area contributed by atoms with Crippen molar-refractivity contribution >= 4 is 34.1 Å². The number of benzene rings is 4. The Morgan fingerprint density at radius 1 is 0.923 bits per heavy atom. The van der Waals surface area contributed by atoms with Crippen LogP contribution in [0.3, 0.4) is 0 Å². The molecule has 3 nitrogen and oxygen atoms in total. The van der Waals surface area contributed by atoms with E-state index in [0.717, 1.165) is 33.7 Å². The molecule has 0 fully saturated rings. The number of hydrogen-bond donors (Lipinski definition) is 1. The SMILES string of the molecule is Cc1ccc(Cn2cc([C@H](CC(=O)Nc3ccccc3)c3ccc(Cl)c(C(F)(F)F)c3)c3ccccc32)cc1. The zero-order valence-electron chi connectivity index (χ0n) is 21.2. The number of para-hydroxylation sites is 2. The Morgan fingerprint density at radius 2 is 1.62 bits per heavy atom. The van der Waals surface area contributed by atoms with Gasteiger partial charge in [0.1, 0.15) is 0 Å². The number of nitrogens with zero attached hydrogens (tertiary/aromatic N) is 1. The van der Waals surface area contributed by atoms with Crippen LogP contribution in [0.5, 0.6) is 0 Å². The molecule has 0 bridgehead atoms. The van der Waals surface area contributed by atoms with Crippen molar-refractivity contribution in [3.63, 3.8) is 0 Å². The zero-order chi connectivity index (χ0) is 27.6. The van der Waals surface area contributed by atoms with Gasteiger partial charge in [-0.2, -0.15) is 13.2 Å². The molecule has 0 spiro atoms. The van der Waals surface area contributed by atoms with E-state index in [4.69, 9.17) is 11.6 Å². The Balaban J connectivity index is 1.60. The van der Waals surface area contributed by atoms with Gasteiger partial charge in [0, 0.05) is 41.7 Å². The third-order valence-electron chi connectivity index (χ3n) is 6.81. The summed E-state index contributed by atoms with van der Waals surface area (Å²) in [5.74, 6) is -0.943. The van der Waals surface area contributed by atoms with Crippen LogP contribution in [0.1, 0.15) is 40.2 Å². The molecule has 0 aliphatic heterocycles. The van der Waals surface area contributed by atoms with E-state index in [1.165, 1.54) is 6.07 Å². The third-order valence-corrected chi connectivity index (χ3v) is 7.14. The monoisotopic (exact) mass is 546 g/mol. The lowest BCUT2D eigenvalue weighted by Crippen LogP contribution is -2.17. The number of carbonyl (C=O) groups excluding carboxylic acids is 1. The van der Waals surface area contributed by atoms with Gasteiger partial charge in [-0.1, -0.05) is 83.9 Å². The number of halogens is 4. The number of hydrogen-bond acceptors (Lipinski definition) is 1. The molecule has 4 aromatic carbocycles. The number of nitrogens with one attached hydrogen (secondary N) is 1. The van der Waals surface area contributed by atoms with Crippen LogP contribution in [0.15, 0.2) is 103 Å². The van der Waals surface area contributed by atoms with Gasteiger partial charge >= 0.3 is 6.18 Å². The number of aryl methyl sites for hydroxylation is 1. The molecule has 5 aromatic rings. The van der Waals surface area contributed by atoms with Gasteiger partial charge in [0.25, 0.3) is 0 Å². The molecule has 0 aliphatic carbocycles. The maximum Gasteiger partial charge on any atom is 0.417 e. The van der Waals surface area contributed by atoms with Crippen LogP contribution in [0.25, 0.3) is 10.9 Å². The second-order valence-corrected chi connectivity index (χ2v) is 10.0. The van der Waals surface area contributed by atoms with Crippen molar-refractivity contribution in [2.24, 2.45) is 0 Å². The molecule has 1 heterocycles. The molecule has 1 aromatic heterocycles. The van der Waals surface area contributed by atoms with Crippen molar-refractivity contribution < 1.29 is 18.0 Å². The molecule has 1 amide bonds. The summed E-state index contributed by atoms with van der Waals surface area (Å²) in [5, 5.41) is 3.38. The lowest BCUT2D eigenvalue weighted by Gasteiger charge is -2.19. The van der Waals surface area contributed by atoms with E-state index in [9.17, 15) is 18.0 Å². The number of rotatable bonds is 7. The first-order valence-electron chi connectivity index (χ1n) is 12.5. The maximum atomic E-state index is 13.8. The summed E-state index contributed by atoms with van der Waals surface area (Å²) in [6.07, 6.45) is -2.72. The van der Waals surface area contributed by atoms with Gasteiger partial charge in [0.05, 0.1) is 10.6 Å². The first-order valence-corrected chi connectivity index (χ1v) is 12.9. The van der Waals surface area contributed by atoms with E-state index in [-0.39, 0.29) is 17.4 Å². The summed E-state index contributed by atoms with van der Waals surface area (Å²) in [4.78, 5) is 13.2. The molecule has 0 saturated heterocycles. The second kappa shape index (κ2) is 11.0. The van der Waals surface area contributed by atoms with E-state index in [2.05, 4.69) is 22.0 Å². The lowest BCUT2D eigenvalue weighted by molar-refractivity contribution is -0.137. The average molecular weight is 547 g/mol. The molecule has 1 N–H and O–H groups in total. The highest BCUT2D eigenvalue weighted by Crippen LogP contribution is 2.40. The normalized spacial score (nSPS) is 12.4. The van der Waals surface area contributed by atoms with E-state index in [0.29, 0.717) is 17.8 Å². The predicted molar refractivity (Wildman–Crippen MR) is 150 cm³/mol. The molecular weight excluding hydrogens is 521 g/mol. The van der Waals surface area contributed by atoms with Crippen LogP contribution in [-0.2, 0) is 17.5 Å². The van der Waals surface area contributed by atoms with Crippen molar-refractivity contribution in [3.05, 3.63) is 136 Å². The molecule has 0 radical (unpaired) electrons. The van der Waals surface area contributed by atoms with Crippen LogP contribution in [0.2, 0.25) is 5.02 Å². The fourth-order valence-electron chi connectivity index (χ4n) is 4.88. The van der Waals surface area contributed by atoms with Crippen LogP contribution in [0, 0.1) is 6.92 Å². The van der Waals surface area contributed by atoms with Crippen molar-refractivity contribution in [1.29, 1.82) is 0 Å². The highest BCUT2D eigenvalue weighted by molar-refractivity contribution is 6.31. The van der Waals surface area contributed by atoms with E-state index in [1.807, 2.05) is 55.6 Å². The smallest absolute Gasteiger partial charge is 0.343 e. The number of alkyl halides is 3. The van der Waals surface area contributed by atoms with Crippen molar-refractivity contribution in [2.75, 3.05) is 5.32 Å². The molecule has 7 heteroatoms. The lowest BCUT2D eigenvalue weighted by atomic mass is 9.87. The number of aromatic nitrogens is 1. The first kappa shape index (κ1) is 26.6. The van der Waals surface area contributed by atoms with Gasteiger partial charge in [-0.05, 0) is 53.9 Å². The van der Waals surface area contributed by atoms with Gasteiger partial charge in [-0.3, -0.25) is 4.79 Å². The Bertz CT molecular complexity index is 1610. The number of amides is 1. The maximum absolute atomic E-state index is 13.8. The largest absolute Gasteiger partial charge is 0.417 e. The molecule has 0 aliphatic rings. The fourth-order valence-corrected chi connectivity index (χ4v) is 5.10. The van der Waals surface area contributed by atoms with Crippen molar-refractivity contribution in [1.82, 2.24) is 4.57 Å². The van der Waals surface area contributed by atoms with Gasteiger partial charge in [0.15, 0.2) is 0 Å². The Hall–Kier alpha value is -4.03. The zero-order valence-corrected chi connectivity index (χ0v) is 21.9. The van der Waals surface area contributed by atoms with Crippen LogP contribution in [0.4, 0.5) is 18.9 Å². The minimum atomic E-state index is -4.62. The molecule has 1 atom stereocenters. The first-order chi connectivity index (χ1) is 18.7. The summed E-state index contributed by atoms with van der Waals surface area (Å²) in [6.45, 7) is 2.61. The minimum Gasteiger partial charge on any atom is -0.343 e. The molecular formula is C32H26ClF3N2O. The summed E-state index contributed by atoms with van der Waals surface area (Å²) in [6, 6.07) is 28.8. The molecule has 5 rings (SSSR count). The number of fused-ring (bicyclic) bond motifs is 1. The summed E-state index contributed by atoms with van der Waals surface area (Å²) in [5.41, 5.74) is 4.03. The fraction of sp³-hybridized carbons (Fsp3) is 0.156. The van der Waals surface area contributed by atoms with Gasteiger partial charge in [-0.25, -0.2) is 0 Å². The minimum absolute atomic E-state index is 0.0492. The Labute approximate surface area is 229 Å². The summed E-state index contributed by atoms with van der Waals surface area (Å²) in [7, 11) is 0. The molecule has 0 saturated carbocycles. The third kappa shape index (κ3) is 6.02. The molecule has 0 unspecified atom stereocenters. The Kier molecular flexibility index (Phi) is 7.49. The Morgan fingerprint density at radius 3 is 2.33 bits per heavy atom. The standard InChI is InChI=1S/C32H26ClF3N2O/c1-21-11-13-22(14-12-21)19-38-20-27(25-9-5-6-10-30(25)38)26(18-31(39)37-24-7-3-2-4-8-24)23-15-16-29(33)28(17-23)32(34,35)36/h2-17,20,26H,18-19H2,1H3,(H,37,39)/t26-/m1/s1. The van der Waals surface area contributed by atoms with E-state index >= 15 is 0 Å². The highest BCUT2D eigenvalue weighted by Gasteiger charge is 2.34. The number of carbonyl (C=O) groups is 1. The topological polar surface area (TPSA) is 34.0 Å². The van der Waals surface area contributed by atoms with Gasteiger partial charge in [0.2, 0.25) is 5.91 Å². The van der Waals surface area contributed by atoms with E-state index < -0.39 is 17.7 Å². The average Bonchev–Trinajstić information content (AvgIpc) is 3.27. The highest BCUT2D eigenvalue weighted by atomic mass is 35.5. The van der Waals surface area contributed by atoms with Crippen LogP contribution >= 0.6 is 11.6 Å². The second-order valence-electron chi connectivity index (χ2n) is 9.62. The van der Waals surface area contributed by atoms with Gasteiger partial charge in [-0.15, -0.1) is 0 Å². The predicted octanol–water partition coefficient (Wildman–Crippen LogP) is 8.83. The van der Waals surface area contributed by atoms with Crippen molar-refractivity contribution in [3.8, 4) is 0 Å². The summed E-state index contributed by atoms with van der Waals surface area (Å²) >= 11 is 5.94. The van der Waals surface area contributed by atoms with Crippen LogP contribution < -0.4 is 5.32 Å². The summed E-state index contributed by atoms with van der Waals surface area (Å²) < 4.78 is 43.5. The van der Waals surface area contributed by atoms with Gasteiger partial charge < -0.3 is 9.88 Å². The quantitative estimate of drug-likeness (QED) is 0.217. The number of anilines is 1. The molecule has 198 valence electrons. The van der Waals surface area contributed by atoms with E-state index in [1.54, 1.807) is 30.3 Å².